The lowest BCUT2D eigenvalue weighted by molar-refractivity contribution is 0.0695. The van der Waals surface area contributed by atoms with Crippen molar-refractivity contribution in [2.75, 3.05) is 5.73 Å². The Kier molecular flexibility index (Phi) is 3.16. The molecule has 0 amide bonds. The van der Waals surface area contributed by atoms with Gasteiger partial charge in [-0.3, -0.25) is 0 Å². The molecule has 0 aliphatic heterocycles. The van der Waals surface area contributed by atoms with Gasteiger partial charge in [0.25, 0.3) is 0 Å². The summed E-state index contributed by atoms with van der Waals surface area (Å²) in [5, 5.41) is 8.75. The summed E-state index contributed by atoms with van der Waals surface area (Å²) in [5.74, 6) is -0.940. The van der Waals surface area contributed by atoms with E-state index in [-0.39, 0.29) is 5.56 Å². The van der Waals surface area contributed by atoms with Crippen LogP contribution in [0.5, 0.6) is 0 Å². The van der Waals surface area contributed by atoms with Crippen LogP contribution < -0.4 is 5.73 Å². The van der Waals surface area contributed by atoms with Crippen LogP contribution in [-0.4, -0.2) is 11.1 Å². The molecule has 0 saturated heterocycles. The van der Waals surface area contributed by atoms with Crippen LogP contribution in [0.25, 0.3) is 0 Å². The number of hydrogen-bond donors (Lipinski definition) is 2. The smallest absolute Gasteiger partial charge is 0.336 e. The molecule has 1 rings (SSSR count). The summed E-state index contributed by atoms with van der Waals surface area (Å²) in [6.45, 7) is 0. The number of aromatic carboxylic acids is 1. The van der Waals surface area contributed by atoms with Gasteiger partial charge in [-0.1, -0.05) is 0 Å². The van der Waals surface area contributed by atoms with Gasteiger partial charge in [-0.2, -0.15) is 0 Å². The van der Waals surface area contributed by atoms with E-state index in [1.807, 2.05) is 22.6 Å². The number of anilines is 1. The Bertz CT molecular complexity index is 338. The number of carboxylic acid groups (broad SMARTS) is 1. The third-order valence-electron chi connectivity index (χ3n) is 1.28. The van der Waals surface area contributed by atoms with Crippen LogP contribution in [0, 0.1) is 7.14 Å². The highest BCUT2D eigenvalue weighted by atomic mass is 127. The van der Waals surface area contributed by atoms with E-state index in [4.69, 9.17) is 10.8 Å². The van der Waals surface area contributed by atoms with E-state index < -0.39 is 5.97 Å². The summed E-state index contributed by atoms with van der Waals surface area (Å²) in [4.78, 5) is 10.7. The Morgan fingerprint density at radius 1 is 1.42 bits per heavy atom. The highest BCUT2D eigenvalue weighted by molar-refractivity contribution is 14.1. The fourth-order valence-electron chi connectivity index (χ4n) is 0.766. The van der Waals surface area contributed by atoms with Gasteiger partial charge in [0.1, 0.15) is 0 Å². The van der Waals surface area contributed by atoms with Gasteiger partial charge in [-0.25, -0.2) is 4.79 Å². The quantitative estimate of drug-likeness (QED) is 0.572. The Morgan fingerprint density at radius 3 is 2.50 bits per heavy atom. The molecule has 0 aromatic heterocycles. The number of hydrogen-bond acceptors (Lipinski definition) is 2. The fourth-order valence-corrected chi connectivity index (χ4v) is 1.96. The molecular formula is C7H5I2NO2. The average molecular weight is 389 g/mol. The van der Waals surface area contributed by atoms with Crippen molar-refractivity contribution >= 4 is 56.8 Å². The number of nitrogens with two attached hydrogens (primary N) is 1. The van der Waals surface area contributed by atoms with Crippen LogP contribution in [0.15, 0.2) is 12.1 Å². The van der Waals surface area contributed by atoms with Gasteiger partial charge in [0, 0.05) is 12.8 Å². The van der Waals surface area contributed by atoms with E-state index >= 15 is 0 Å². The maximum atomic E-state index is 10.7. The molecule has 5 heteroatoms. The number of halogens is 2. The molecule has 3 N–H and O–H groups in total. The van der Waals surface area contributed by atoms with Crippen LogP contribution in [0.3, 0.4) is 0 Å². The third kappa shape index (κ3) is 2.00. The lowest BCUT2D eigenvalue weighted by Crippen LogP contribution is -2.02. The fraction of sp³-hybridized carbons (Fsp3) is 0. The second kappa shape index (κ2) is 3.77. The maximum absolute atomic E-state index is 10.7. The number of nitrogen functional groups attached to an aromatic ring is 1. The minimum absolute atomic E-state index is 0.264. The Labute approximate surface area is 96.6 Å². The molecule has 0 unspecified atom stereocenters. The van der Waals surface area contributed by atoms with Gasteiger partial charge in [0.05, 0.1) is 5.56 Å². The lowest BCUT2D eigenvalue weighted by atomic mass is 10.2. The first-order valence-electron chi connectivity index (χ1n) is 3.00. The molecule has 12 heavy (non-hydrogen) atoms. The lowest BCUT2D eigenvalue weighted by Gasteiger charge is -2.02. The van der Waals surface area contributed by atoms with Gasteiger partial charge in [0.2, 0.25) is 0 Å². The topological polar surface area (TPSA) is 63.3 Å². The molecule has 0 radical (unpaired) electrons. The van der Waals surface area contributed by atoms with Crippen LogP contribution in [0.2, 0.25) is 0 Å². The second-order valence-electron chi connectivity index (χ2n) is 2.17. The minimum atomic E-state index is -0.940. The van der Waals surface area contributed by atoms with Crippen molar-refractivity contribution in [3.8, 4) is 0 Å². The van der Waals surface area contributed by atoms with Crippen molar-refractivity contribution in [2.45, 2.75) is 0 Å². The molecule has 0 saturated carbocycles. The van der Waals surface area contributed by atoms with Gasteiger partial charge in [0.15, 0.2) is 0 Å². The van der Waals surface area contributed by atoms with E-state index in [9.17, 15) is 4.79 Å². The van der Waals surface area contributed by atoms with E-state index in [0.717, 1.165) is 7.14 Å². The standard InChI is InChI=1S/C7H5I2NO2/c8-5-2-3(10)1-4(6(5)9)7(11)12/h1-2H,10H2,(H,11,12). The number of carbonyl (C=O) groups is 1. The third-order valence-corrected chi connectivity index (χ3v) is 4.33. The van der Waals surface area contributed by atoms with Crippen LogP contribution >= 0.6 is 45.2 Å². The summed E-state index contributed by atoms with van der Waals surface area (Å²) in [6.07, 6.45) is 0. The minimum Gasteiger partial charge on any atom is -0.478 e. The monoisotopic (exact) mass is 389 g/mol. The molecule has 0 spiro atoms. The molecule has 64 valence electrons. The van der Waals surface area contributed by atoms with E-state index in [0.29, 0.717) is 5.69 Å². The van der Waals surface area contributed by atoms with Crippen molar-refractivity contribution in [1.82, 2.24) is 0 Å². The van der Waals surface area contributed by atoms with Gasteiger partial charge >= 0.3 is 5.97 Å². The van der Waals surface area contributed by atoms with Gasteiger partial charge in [-0.05, 0) is 57.3 Å². The Morgan fingerprint density at radius 2 is 2.00 bits per heavy atom. The number of carboxylic acids is 1. The van der Waals surface area contributed by atoms with Crippen LogP contribution in [0.1, 0.15) is 10.4 Å². The summed E-state index contributed by atoms with van der Waals surface area (Å²) < 4.78 is 1.60. The summed E-state index contributed by atoms with van der Waals surface area (Å²) in [7, 11) is 0. The highest BCUT2D eigenvalue weighted by Crippen LogP contribution is 2.22. The van der Waals surface area contributed by atoms with Gasteiger partial charge < -0.3 is 10.8 Å². The van der Waals surface area contributed by atoms with Crippen molar-refractivity contribution in [3.05, 3.63) is 24.8 Å². The molecule has 0 aliphatic rings. The summed E-state index contributed by atoms with van der Waals surface area (Å²) >= 11 is 4.05. The summed E-state index contributed by atoms with van der Waals surface area (Å²) in [5.41, 5.74) is 6.24. The second-order valence-corrected chi connectivity index (χ2v) is 4.41. The number of benzene rings is 1. The largest absolute Gasteiger partial charge is 0.478 e. The zero-order valence-electron chi connectivity index (χ0n) is 5.84. The Balaban J connectivity index is 3.37. The molecule has 0 bridgehead atoms. The first-order valence-corrected chi connectivity index (χ1v) is 5.16. The Hall–Kier alpha value is -0.0500. The molecule has 3 nitrogen and oxygen atoms in total. The van der Waals surface area contributed by atoms with Crippen LogP contribution in [-0.2, 0) is 0 Å². The maximum Gasteiger partial charge on any atom is 0.336 e. The first kappa shape index (κ1) is 10.0. The van der Waals surface area contributed by atoms with Crippen molar-refractivity contribution < 1.29 is 9.90 Å². The number of rotatable bonds is 1. The summed E-state index contributed by atoms with van der Waals surface area (Å²) in [6, 6.07) is 3.21. The molecule has 0 fully saturated rings. The van der Waals surface area contributed by atoms with Crippen molar-refractivity contribution in [2.24, 2.45) is 0 Å². The van der Waals surface area contributed by atoms with E-state index in [1.54, 1.807) is 6.07 Å². The molecular weight excluding hydrogens is 384 g/mol. The zero-order chi connectivity index (χ0) is 9.30. The van der Waals surface area contributed by atoms with E-state index in [2.05, 4.69) is 22.6 Å². The molecule has 1 aromatic carbocycles. The van der Waals surface area contributed by atoms with Crippen molar-refractivity contribution in [3.63, 3.8) is 0 Å². The molecule has 0 atom stereocenters. The van der Waals surface area contributed by atoms with Crippen molar-refractivity contribution in [1.29, 1.82) is 0 Å². The first-order chi connectivity index (χ1) is 5.52. The molecule has 1 aromatic rings. The highest BCUT2D eigenvalue weighted by Gasteiger charge is 2.11. The average Bonchev–Trinajstić information content (AvgIpc) is 1.96. The zero-order valence-corrected chi connectivity index (χ0v) is 10.2. The molecule has 0 aliphatic carbocycles. The SMILES string of the molecule is Nc1cc(I)c(I)c(C(=O)O)c1. The predicted octanol–water partition coefficient (Wildman–Crippen LogP) is 2.18. The predicted molar refractivity (Wildman–Crippen MR) is 63.2 cm³/mol. The van der Waals surface area contributed by atoms with Gasteiger partial charge in [-0.15, -0.1) is 0 Å². The molecule has 0 heterocycles. The van der Waals surface area contributed by atoms with E-state index in [1.165, 1.54) is 6.07 Å². The normalized spacial score (nSPS) is 9.83. The van der Waals surface area contributed by atoms with Crippen LogP contribution in [0.4, 0.5) is 5.69 Å².